The Morgan fingerprint density at radius 1 is 1.00 bits per heavy atom. The van der Waals surface area contributed by atoms with Crippen molar-refractivity contribution < 1.29 is 31.1 Å². The van der Waals surface area contributed by atoms with Crippen molar-refractivity contribution in [3.05, 3.63) is 70.8 Å². The average molecular weight is 447 g/mol. The van der Waals surface area contributed by atoms with E-state index in [1.54, 1.807) is 0 Å². The van der Waals surface area contributed by atoms with E-state index < -0.39 is 35.1 Å². The van der Waals surface area contributed by atoms with Crippen molar-refractivity contribution in [1.29, 1.82) is 0 Å². The summed E-state index contributed by atoms with van der Waals surface area (Å²) < 4.78 is 84.5. The normalized spacial score (nSPS) is 20.8. The summed E-state index contributed by atoms with van der Waals surface area (Å²) in [6, 6.07) is 10.8. The zero-order chi connectivity index (χ0) is 22.2. The highest BCUT2D eigenvalue weighted by Crippen LogP contribution is 2.39. The Hall–Kier alpha value is -2.13. The lowest BCUT2D eigenvalue weighted by Gasteiger charge is -2.32. The second-order valence-corrected chi connectivity index (χ2v) is 7.78. The molecule has 2 atom stereocenters. The Balaban J connectivity index is 1.88. The summed E-state index contributed by atoms with van der Waals surface area (Å²) in [5.41, 5.74) is -2.71. The smallest absolute Gasteiger partial charge is 0.371 e. The van der Waals surface area contributed by atoms with Crippen LogP contribution in [0.4, 0.5) is 26.3 Å². The molecule has 2 nitrogen and oxygen atoms in total. The molecule has 30 heavy (non-hydrogen) atoms. The predicted octanol–water partition coefficient (Wildman–Crippen LogP) is 6.41. The van der Waals surface area contributed by atoms with Crippen LogP contribution in [0, 0.1) is 0 Å². The summed E-state index contributed by atoms with van der Waals surface area (Å²) in [5, 5.41) is 3.21. The van der Waals surface area contributed by atoms with Crippen LogP contribution < -0.4 is 5.32 Å². The molecule has 0 bridgehead atoms. The number of alkyl halides is 6. The fraction of sp³-hybridized carbons (Fsp3) is 0.381. The summed E-state index contributed by atoms with van der Waals surface area (Å²) in [4.78, 5) is 0.633. The molecule has 2 aromatic carbocycles. The molecule has 3 rings (SSSR count). The van der Waals surface area contributed by atoms with E-state index in [1.807, 2.05) is 30.3 Å². The number of rotatable bonds is 5. The Morgan fingerprint density at radius 3 is 2.03 bits per heavy atom. The third-order valence-corrected chi connectivity index (χ3v) is 5.45. The fourth-order valence-corrected chi connectivity index (χ4v) is 3.76. The average Bonchev–Trinajstić information content (AvgIpc) is 3.07. The van der Waals surface area contributed by atoms with E-state index in [-0.39, 0.29) is 18.2 Å². The summed E-state index contributed by atoms with van der Waals surface area (Å²) in [6.07, 6.45) is -9.58. The molecular weight excluding hydrogens is 428 g/mol. The number of halogens is 6. The van der Waals surface area contributed by atoms with E-state index in [9.17, 15) is 26.3 Å². The Morgan fingerprint density at radius 2 is 1.57 bits per heavy atom. The molecule has 1 saturated heterocycles. The van der Waals surface area contributed by atoms with E-state index in [2.05, 4.69) is 5.32 Å². The Kier molecular flexibility index (Phi) is 6.15. The van der Waals surface area contributed by atoms with Gasteiger partial charge in [0.2, 0.25) is 0 Å². The van der Waals surface area contributed by atoms with Gasteiger partial charge in [0, 0.05) is 6.42 Å². The van der Waals surface area contributed by atoms with E-state index in [1.165, 1.54) is 6.92 Å². The number of nitrogens with one attached hydrogen (secondary N) is 1. The molecule has 0 unspecified atom stereocenters. The number of hydrogen-bond donors (Lipinski definition) is 1. The highest BCUT2D eigenvalue weighted by atomic mass is 32.1. The number of benzene rings is 2. The van der Waals surface area contributed by atoms with Crippen LogP contribution in [0.5, 0.6) is 0 Å². The second kappa shape index (κ2) is 8.19. The number of hydrogen-bond acceptors (Lipinski definition) is 2. The fourth-order valence-electron chi connectivity index (χ4n) is 3.46. The molecule has 1 N–H and O–H groups in total. The highest BCUT2D eigenvalue weighted by molar-refractivity contribution is 7.80. The minimum Gasteiger partial charge on any atom is -0.371 e. The first-order valence-corrected chi connectivity index (χ1v) is 9.59. The van der Waals surface area contributed by atoms with Crippen LogP contribution in [0.3, 0.4) is 0 Å². The van der Waals surface area contributed by atoms with Crippen LogP contribution in [0.15, 0.2) is 48.5 Å². The first-order valence-electron chi connectivity index (χ1n) is 9.18. The molecule has 2 aromatic rings. The van der Waals surface area contributed by atoms with Gasteiger partial charge < -0.3 is 10.1 Å². The maximum atomic E-state index is 13.1. The maximum Gasteiger partial charge on any atom is 0.416 e. The van der Waals surface area contributed by atoms with Gasteiger partial charge in [-0.15, -0.1) is 0 Å². The predicted molar refractivity (Wildman–Crippen MR) is 104 cm³/mol. The third-order valence-electron chi connectivity index (χ3n) is 5.14. The van der Waals surface area contributed by atoms with Gasteiger partial charge in [-0.05, 0) is 42.7 Å². The lowest BCUT2D eigenvalue weighted by Crippen LogP contribution is -2.42. The van der Waals surface area contributed by atoms with Gasteiger partial charge in [0.05, 0.1) is 34.4 Å². The molecule has 0 saturated carbocycles. The van der Waals surface area contributed by atoms with Gasteiger partial charge in [-0.25, -0.2) is 0 Å². The van der Waals surface area contributed by atoms with Crippen LogP contribution in [0.2, 0.25) is 0 Å². The zero-order valence-electron chi connectivity index (χ0n) is 15.9. The lowest BCUT2D eigenvalue weighted by molar-refractivity contribution is -0.143. The van der Waals surface area contributed by atoms with Gasteiger partial charge >= 0.3 is 12.4 Å². The Labute approximate surface area is 175 Å². The van der Waals surface area contributed by atoms with Crippen molar-refractivity contribution >= 4 is 17.2 Å². The van der Waals surface area contributed by atoms with E-state index in [0.29, 0.717) is 30.0 Å². The summed E-state index contributed by atoms with van der Waals surface area (Å²) in [7, 11) is 0. The topological polar surface area (TPSA) is 21.3 Å². The molecule has 0 aliphatic carbocycles. The Bertz CT molecular complexity index is 880. The third kappa shape index (κ3) is 4.95. The number of thiocarbonyl (C=S) groups is 1. The first-order chi connectivity index (χ1) is 13.9. The second-order valence-electron chi connectivity index (χ2n) is 7.29. The van der Waals surface area contributed by atoms with Crippen molar-refractivity contribution in [2.24, 2.45) is 0 Å². The zero-order valence-corrected chi connectivity index (χ0v) is 16.7. The molecule has 0 spiro atoms. The standard InChI is InChI=1S/C21H19F6NOS/c1-13(14-9-16(20(22,23)24)11-17(10-14)21(25,26)27)29-12-19(8-7-18(30)28-19)15-5-3-2-4-6-15/h2-6,9-11,13H,7-8,12H2,1H3,(H,28,30)/t13-,19-/m1/s1. The molecule has 1 heterocycles. The summed E-state index contributed by atoms with van der Waals surface area (Å²) in [5.74, 6) is 0. The maximum absolute atomic E-state index is 13.1. The van der Waals surface area contributed by atoms with Crippen molar-refractivity contribution in [3.63, 3.8) is 0 Å². The molecule has 1 fully saturated rings. The molecule has 0 amide bonds. The van der Waals surface area contributed by atoms with Gasteiger partial charge in [-0.2, -0.15) is 26.3 Å². The molecule has 9 heteroatoms. The van der Waals surface area contributed by atoms with Crippen LogP contribution in [-0.4, -0.2) is 11.6 Å². The van der Waals surface area contributed by atoms with E-state index in [0.717, 1.165) is 5.56 Å². The van der Waals surface area contributed by atoms with Gasteiger partial charge in [0.15, 0.2) is 0 Å². The SMILES string of the molecule is C[C@@H](OC[C@@]1(c2ccccc2)CCC(=S)N1)c1cc(C(F)(F)F)cc(C(F)(F)F)c1. The van der Waals surface area contributed by atoms with Crippen molar-refractivity contribution in [1.82, 2.24) is 5.32 Å². The minimum absolute atomic E-state index is 0.0376. The molecule has 1 aliphatic rings. The first kappa shape index (κ1) is 22.6. The molecule has 162 valence electrons. The van der Waals surface area contributed by atoms with Crippen LogP contribution >= 0.6 is 12.2 Å². The molecular formula is C21H19F6NOS. The van der Waals surface area contributed by atoms with Gasteiger partial charge in [0.1, 0.15) is 0 Å². The van der Waals surface area contributed by atoms with Crippen LogP contribution in [0.1, 0.15) is 48.1 Å². The van der Waals surface area contributed by atoms with Gasteiger partial charge in [0.25, 0.3) is 0 Å². The van der Waals surface area contributed by atoms with Crippen LogP contribution in [-0.2, 0) is 22.6 Å². The van der Waals surface area contributed by atoms with Gasteiger partial charge in [-0.1, -0.05) is 42.5 Å². The van der Waals surface area contributed by atoms with E-state index >= 15 is 0 Å². The highest BCUT2D eigenvalue weighted by Gasteiger charge is 2.40. The number of ether oxygens (including phenoxy) is 1. The molecule has 1 aliphatic heterocycles. The minimum atomic E-state index is -4.90. The summed E-state index contributed by atoms with van der Waals surface area (Å²) in [6.45, 7) is 1.47. The van der Waals surface area contributed by atoms with Crippen molar-refractivity contribution in [2.45, 2.75) is 43.8 Å². The van der Waals surface area contributed by atoms with Crippen LogP contribution in [0.25, 0.3) is 0 Å². The van der Waals surface area contributed by atoms with Crippen molar-refractivity contribution in [2.75, 3.05) is 6.61 Å². The molecule has 0 aromatic heterocycles. The van der Waals surface area contributed by atoms with E-state index in [4.69, 9.17) is 17.0 Å². The monoisotopic (exact) mass is 447 g/mol. The largest absolute Gasteiger partial charge is 0.416 e. The summed E-state index contributed by atoms with van der Waals surface area (Å²) >= 11 is 5.24. The quantitative estimate of drug-likeness (QED) is 0.423. The van der Waals surface area contributed by atoms with Crippen molar-refractivity contribution in [3.8, 4) is 0 Å². The lowest BCUT2D eigenvalue weighted by atomic mass is 9.89. The molecule has 0 radical (unpaired) electrons. The van der Waals surface area contributed by atoms with Gasteiger partial charge in [-0.3, -0.25) is 0 Å².